The Morgan fingerprint density at radius 2 is 1.89 bits per heavy atom. The van der Waals surface area contributed by atoms with Gasteiger partial charge in [0, 0.05) is 5.25 Å². The molecule has 0 spiro atoms. The van der Waals surface area contributed by atoms with E-state index in [0.29, 0.717) is 5.25 Å². The molecule has 0 fully saturated rings. The molecule has 0 aliphatic carbocycles. The number of unbranched alkanes of at least 4 members (excludes halogenated alkanes) is 1. The van der Waals surface area contributed by atoms with Crippen LogP contribution in [0.1, 0.15) is 40.0 Å². The highest BCUT2D eigenvalue weighted by atomic mass is 32.1. The Hall–Kier alpha value is 0.350. The van der Waals surface area contributed by atoms with Crippen molar-refractivity contribution in [3.63, 3.8) is 0 Å². The Bertz CT molecular complexity index is 59.6. The quantitative estimate of drug-likeness (QED) is 0.579. The smallest absolute Gasteiger partial charge is 0.00141 e. The van der Waals surface area contributed by atoms with Gasteiger partial charge in [0.1, 0.15) is 0 Å². The van der Waals surface area contributed by atoms with E-state index < -0.39 is 0 Å². The number of rotatable bonds is 4. The second-order valence-corrected chi connectivity index (χ2v) is 3.67. The standard InChI is InChI=1S/C8H18S/c1-4-5-6-7(2)8(3)9/h7-9H,4-6H2,1-3H3. The molecule has 0 nitrogen and oxygen atoms in total. The molecule has 0 aromatic rings. The highest BCUT2D eigenvalue weighted by molar-refractivity contribution is 7.80. The molecule has 0 aliphatic heterocycles. The van der Waals surface area contributed by atoms with Crippen LogP contribution in [-0.4, -0.2) is 5.25 Å². The van der Waals surface area contributed by atoms with Gasteiger partial charge < -0.3 is 0 Å². The highest BCUT2D eigenvalue weighted by Crippen LogP contribution is 2.15. The van der Waals surface area contributed by atoms with Gasteiger partial charge in [-0.25, -0.2) is 0 Å². The molecule has 0 heterocycles. The fourth-order valence-corrected chi connectivity index (χ4v) is 0.916. The maximum Gasteiger partial charge on any atom is 0.00141 e. The van der Waals surface area contributed by atoms with Gasteiger partial charge in [0.25, 0.3) is 0 Å². The van der Waals surface area contributed by atoms with Gasteiger partial charge in [0.2, 0.25) is 0 Å². The lowest BCUT2D eigenvalue weighted by atomic mass is 10.0. The van der Waals surface area contributed by atoms with Gasteiger partial charge in [0.15, 0.2) is 0 Å². The minimum atomic E-state index is 0.566. The summed E-state index contributed by atoms with van der Waals surface area (Å²) in [5.41, 5.74) is 0. The molecule has 1 heteroatoms. The third kappa shape index (κ3) is 4.83. The van der Waals surface area contributed by atoms with Crippen molar-refractivity contribution >= 4 is 12.6 Å². The van der Waals surface area contributed by atoms with E-state index in [0.717, 1.165) is 5.92 Å². The first-order chi connectivity index (χ1) is 4.18. The summed E-state index contributed by atoms with van der Waals surface area (Å²) in [6.45, 7) is 6.67. The molecule has 2 atom stereocenters. The van der Waals surface area contributed by atoms with Crippen LogP contribution in [0.15, 0.2) is 0 Å². The monoisotopic (exact) mass is 146 g/mol. The second-order valence-electron chi connectivity index (χ2n) is 2.86. The second kappa shape index (κ2) is 5.16. The molecule has 0 bridgehead atoms. The number of hydrogen-bond acceptors (Lipinski definition) is 1. The van der Waals surface area contributed by atoms with Crippen LogP contribution < -0.4 is 0 Å². The van der Waals surface area contributed by atoms with E-state index in [1.807, 2.05) is 0 Å². The zero-order chi connectivity index (χ0) is 7.28. The van der Waals surface area contributed by atoms with Crippen molar-refractivity contribution in [1.82, 2.24) is 0 Å². The van der Waals surface area contributed by atoms with Crippen LogP contribution in [0.4, 0.5) is 0 Å². The average Bonchev–Trinajstić information content (AvgIpc) is 1.82. The van der Waals surface area contributed by atoms with Crippen molar-refractivity contribution in [2.24, 2.45) is 5.92 Å². The van der Waals surface area contributed by atoms with E-state index in [9.17, 15) is 0 Å². The highest BCUT2D eigenvalue weighted by Gasteiger charge is 2.05. The van der Waals surface area contributed by atoms with Crippen molar-refractivity contribution in [1.29, 1.82) is 0 Å². The first kappa shape index (κ1) is 9.35. The summed E-state index contributed by atoms with van der Waals surface area (Å²) >= 11 is 4.37. The fourth-order valence-electron chi connectivity index (χ4n) is 0.767. The summed E-state index contributed by atoms with van der Waals surface area (Å²) in [5, 5.41) is 0.566. The van der Waals surface area contributed by atoms with Crippen LogP contribution in [0.5, 0.6) is 0 Å². The third-order valence-electron chi connectivity index (χ3n) is 1.84. The maximum atomic E-state index is 4.37. The molecular weight excluding hydrogens is 128 g/mol. The molecule has 0 amide bonds. The van der Waals surface area contributed by atoms with E-state index in [1.165, 1.54) is 19.3 Å². The summed E-state index contributed by atoms with van der Waals surface area (Å²) in [6, 6.07) is 0. The normalized spacial score (nSPS) is 17.3. The largest absolute Gasteiger partial charge is 0.176 e. The molecule has 2 unspecified atom stereocenters. The van der Waals surface area contributed by atoms with Crippen LogP contribution >= 0.6 is 12.6 Å². The first-order valence-electron chi connectivity index (χ1n) is 3.86. The molecule has 0 saturated carbocycles. The summed E-state index contributed by atoms with van der Waals surface area (Å²) in [4.78, 5) is 0. The SMILES string of the molecule is CCCCC(C)C(C)S. The summed E-state index contributed by atoms with van der Waals surface area (Å²) < 4.78 is 0. The molecular formula is C8H18S. The molecule has 0 rings (SSSR count). The van der Waals surface area contributed by atoms with Crippen LogP contribution in [0.2, 0.25) is 0 Å². The molecule has 0 N–H and O–H groups in total. The topological polar surface area (TPSA) is 0 Å². The van der Waals surface area contributed by atoms with Crippen LogP contribution in [-0.2, 0) is 0 Å². The number of hydrogen-bond donors (Lipinski definition) is 1. The zero-order valence-corrected chi connectivity index (χ0v) is 7.62. The minimum absolute atomic E-state index is 0.566. The molecule has 0 aromatic heterocycles. The van der Waals surface area contributed by atoms with E-state index in [1.54, 1.807) is 0 Å². The van der Waals surface area contributed by atoms with Crippen molar-refractivity contribution in [3.8, 4) is 0 Å². The predicted molar refractivity (Wildman–Crippen MR) is 47.1 cm³/mol. The van der Waals surface area contributed by atoms with E-state index >= 15 is 0 Å². The van der Waals surface area contributed by atoms with Gasteiger partial charge in [-0.3, -0.25) is 0 Å². The molecule has 0 aromatic carbocycles. The molecule has 0 saturated heterocycles. The van der Waals surface area contributed by atoms with Gasteiger partial charge in [-0.15, -0.1) is 0 Å². The lowest BCUT2D eigenvalue weighted by Gasteiger charge is -2.12. The van der Waals surface area contributed by atoms with Crippen LogP contribution in [0, 0.1) is 5.92 Å². The van der Waals surface area contributed by atoms with Crippen molar-refractivity contribution < 1.29 is 0 Å². The van der Waals surface area contributed by atoms with Gasteiger partial charge in [-0.1, -0.05) is 33.6 Å². The summed E-state index contributed by atoms with van der Waals surface area (Å²) in [7, 11) is 0. The number of thiol groups is 1. The molecule has 0 aliphatic rings. The van der Waals surface area contributed by atoms with Gasteiger partial charge in [-0.05, 0) is 12.3 Å². The Labute approximate surface area is 64.4 Å². The Morgan fingerprint density at radius 1 is 1.33 bits per heavy atom. The van der Waals surface area contributed by atoms with Crippen LogP contribution in [0.3, 0.4) is 0 Å². The van der Waals surface area contributed by atoms with Gasteiger partial charge in [0.05, 0.1) is 0 Å². The Morgan fingerprint density at radius 3 is 2.22 bits per heavy atom. The predicted octanol–water partition coefficient (Wildman–Crippen LogP) is 3.13. The van der Waals surface area contributed by atoms with Gasteiger partial charge in [-0.2, -0.15) is 12.6 Å². The first-order valence-corrected chi connectivity index (χ1v) is 4.38. The lowest BCUT2D eigenvalue weighted by molar-refractivity contribution is 0.504. The van der Waals surface area contributed by atoms with Crippen molar-refractivity contribution in [3.05, 3.63) is 0 Å². The zero-order valence-electron chi connectivity index (χ0n) is 6.72. The van der Waals surface area contributed by atoms with Gasteiger partial charge >= 0.3 is 0 Å². The lowest BCUT2D eigenvalue weighted by Crippen LogP contribution is -2.06. The minimum Gasteiger partial charge on any atom is -0.176 e. The molecule has 0 radical (unpaired) electrons. The fraction of sp³-hybridized carbons (Fsp3) is 1.00. The Balaban J connectivity index is 3.16. The van der Waals surface area contributed by atoms with E-state index in [4.69, 9.17) is 0 Å². The van der Waals surface area contributed by atoms with Crippen LogP contribution in [0.25, 0.3) is 0 Å². The van der Waals surface area contributed by atoms with E-state index in [2.05, 4.69) is 33.4 Å². The van der Waals surface area contributed by atoms with E-state index in [-0.39, 0.29) is 0 Å². The maximum absolute atomic E-state index is 4.37. The Kier molecular flexibility index (Phi) is 5.36. The molecule has 9 heavy (non-hydrogen) atoms. The molecule has 56 valence electrons. The summed E-state index contributed by atoms with van der Waals surface area (Å²) in [5.74, 6) is 0.785. The average molecular weight is 146 g/mol. The third-order valence-corrected chi connectivity index (χ3v) is 2.35. The summed E-state index contributed by atoms with van der Waals surface area (Å²) in [6.07, 6.45) is 4.00. The van der Waals surface area contributed by atoms with Crippen molar-refractivity contribution in [2.45, 2.75) is 45.3 Å². The van der Waals surface area contributed by atoms with Crippen molar-refractivity contribution in [2.75, 3.05) is 0 Å².